The molecule has 12 heteroatoms. The number of amides is 4. The molecule has 4 N–H and O–H groups in total. The number of piperidine rings is 2. The number of hydrogen-bond acceptors (Lipinski definition) is 8. The number of likely N-dealkylation sites (tertiary alicyclic amines) is 2. The average Bonchev–Trinajstić information content (AvgIpc) is 3.00. The van der Waals surface area contributed by atoms with Gasteiger partial charge in [0.15, 0.2) is 0 Å². The molecule has 2 aromatic rings. The lowest BCUT2D eigenvalue weighted by Gasteiger charge is -2.32. The molecule has 0 saturated carbocycles. The topological polar surface area (TPSA) is 156 Å². The van der Waals surface area contributed by atoms with Gasteiger partial charge in [0.25, 0.3) is 0 Å². The Labute approximate surface area is 277 Å². The van der Waals surface area contributed by atoms with Crippen molar-refractivity contribution in [1.29, 1.82) is 0 Å². The predicted molar refractivity (Wildman–Crippen MR) is 183 cm³/mol. The standard InChI is InChI=1S/C35H48N6O6/c1-34(2,3)46-32(44)40-17-13-24(14-18-40)30(42)38-26-9-7-23(8-10-26)22-37-29-21-27(11-12-28(29)36)39-31(43)25-15-19-41(20-16-25)33(45)47-35(4,5)6/h7-12,21-22,24-25H,13-20,36H2,1-6H3,(H,38,42)(H,39,43). The van der Waals surface area contributed by atoms with Crippen LogP contribution in [0.2, 0.25) is 0 Å². The number of benzene rings is 2. The van der Waals surface area contributed by atoms with Crippen LogP contribution in [0.3, 0.4) is 0 Å². The molecule has 47 heavy (non-hydrogen) atoms. The minimum atomic E-state index is -0.562. The Bertz CT molecular complexity index is 1460. The van der Waals surface area contributed by atoms with Crippen LogP contribution in [0.25, 0.3) is 0 Å². The summed E-state index contributed by atoms with van der Waals surface area (Å²) in [6.07, 6.45) is 3.21. The second-order valence-corrected chi connectivity index (χ2v) is 14.1. The van der Waals surface area contributed by atoms with Crippen LogP contribution in [0.1, 0.15) is 72.8 Å². The van der Waals surface area contributed by atoms with Crippen molar-refractivity contribution < 1.29 is 28.7 Å². The smallest absolute Gasteiger partial charge is 0.410 e. The van der Waals surface area contributed by atoms with Crippen LogP contribution < -0.4 is 16.4 Å². The van der Waals surface area contributed by atoms with Gasteiger partial charge in [-0.15, -0.1) is 0 Å². The zero-order valence-electron chi connectivity index (χ0n) is 28.3. The van der Waals surface area contributed by atoms with Crippen LogP contribution >= 0.6 is 0 Å². The lowest BCUT2D eigenvalue weighted by Crippen LogP contribution is -2.43. The largest absolute Gasteiger partial charge is 0.444 e. The highest BCUT2D eigenvalue weighted by atomic mass is 16.6. The first-order valence-corrected chi connectivity index (χ1v) is 16.2. The molecule has 2 fully saturated rings. The van der Waals surface area contributed by atoms with E-state index >= 15 is 0 Å². The molecular formula is C35H48N6O6. The molecule has 254 valence electrons. The first-order chi connectivity index (χ1) is 22.1. The molecule has 0 bridgehead atoms. The number of nitrogens with zero attached hydrogens (tertiary/aromatic N) is 3. The van der Waals surface area contributed by atoms with Gasteiger partial charge in [-0.25, -0.2) is 9.59 Å². The molecular weight excluding hydrogens is 600 g/mol. The summed E-state index contributed by atoms with van der Waals surface area (Å²) in [5.41, 5.74) is 8.08. The van der Waals surface area contributed by atoms with E-state index in [-0.39, 0.29) is 35.8 Å². The number of anilines is 3. The summed E-state index contributed by atoms with van der Waals surface area (Å²) >= 11 is 0. The molecule has 0 radical (unpaired) electrons. The van der Waals surface area contributed by atoms with Gasteiger partial charge >= 0.3 is 12.2 Å². The highest BCUT2D eigenvalue weighted by Gasteiger charge is 2.31. The van der Waals surface area contributed by atoms with Gasteiger partial charge in [0.2, 0.25) is 11.8 Å². The van der Waals surface area contributed by atoms with E-state index in [1.165, 1.54) is 0 Å². The maximum atomic E-state index is 13.0. The zero-order chi connectivity index (χ0) is 34.4. The number of hydrogen-bond donors (Lipinski definition) is 3. The van der Waals surface area contributed by atoms with Crippen molar-refractivity contribution in [3.8, 4) is 0 Å². The lowest BCUT2D eigenvalue weighted by atomic mass is 9.96. The number of aliphatic imine (C=N–C) groups is 1. The van der Waals surface area contributed by atoms with Crippen LogP contribution in [0.15, 0.2) is 47.5 Å². The second-order valence-electron chi connectivity index (χ2n) is 14.1. The van der Waals surface area contributed by atoms with Gasteiger partial charge in [0, 0.05) is 55.6 Å². The van der Waals surface area contributed by atoms with Crippen molar-refractivity contribution in [3.63, 3.8) is 0 Å². The Balaban J connectivity index is 1.26. The molecule has 4 amide bonds. The number of nitrogen functional groups attached to an aromatic ring is 1. The van der Waals surface area contributed by atoms with Crippen molar-refractivity contribution in [3.05, 3.63) is 48.0 Å². The third-order valence-corrected chi connectivity index (χ3v) is 7.86. The molecule has 0 aliphatic carbocycles. The molecule has 0 atom stereocenters. The summed E-state index contributed by atoms with van der Waals surface area (Å²) in [4.78, 5) is 58.3. The van der Waals surface area contributed by atoms with Gasteiger partial charge < -0.3 is 35.6 Å². The van der Waals surface area contributed by atoms with Crippen molar-refractivity contribution in [1.82, 2.24) is 9.80 Å². The summed E-state index contributed by atoms with van der Waals surface area (Å²) in [5.74, 6) is -0.590. The van der Waals surface area contributed by atoms with Crippen LogP contribution in [0.5, 0.6) is 0 Å². The molecule has 4 rings (SSSR count). The maximum Gasteiger partial charge on any atom is 0.410 e. The highest BCUT2D eigenvalue weighted by molar-refractivity contribution is 5.95. The molecule has 0 spiro atoms. The normalized spacial score (nSPS) is 16.6. The van der Waals surface area contributed by atoms with Gasteiger partial charge in [-0.2, -0.15) is 0 Å². The van der Waals surface area contributed by atoms with Crippen LogP contribution in [0, 0.1) is 11.8 Å². The first kappa shape index (κ1) is 35.2. The Morgan fingerprint density at radius 3 is 1.60 bits per heavy atom. The van der Waals surface area contributed by atoms with E-state index < -0.39 is 11.2 Å². The molecule has 0 aromatic heterocycles. The van der Waals surface area contributed by atoms with E-state index in [1.807, 2.05) is 65.8 Å². The minimum absolute atomic E-state index is 0.0736. The fraction of sp³-hybridized carbons (Fsp3) is 0.514. The summed E-state index contributed by atoms with van der Waals surface area (Å²) in [5, 5.41) is 5.93. The molecule has 2 aliphatic rings. The summed E-state index contributed by atoms with van der Waals surface area (Å²) < 4.78 is 10.9. The number of nitrogens with two attached hydrogens (primary N) is 1. The van der Waals surface area contributed by atoms with E-state index in [0.717, 1.165) is 5.56 Å². The van der Waals surface area contributed by atoms with Gasteiger partial charge in [-0.1, -0.05) is 12.1 Å². The fourth-order valence-corrected chi connectivity index (χ4v) is 5.32. The SMILES string of the molecule is CC(C)(C)OC(=O)N1CCC(C(=O)Nc2ccc(C=Nc3cc(NC(=O)C4CCN(C(=O)OC(C)(C)C)CC4)ccc3N)cc2)CC1. The van der Waals surface area contributed by atoms with Crippen LogP contribution in [-0.2, 0) is 19.1 Å². The van der Waals surface area contributed by atoms with E-state index in [1.54, 1.807) is 34.2 Å². The first-order valence-electron chi connectivity index (χ1n) is 16.2. The lowest BCUT2D eigenvalue weighted by molar-refractivity contribution is -0.122. The molecule has 2 aromatic carbocycles. The van der Waals surface area contributed by atoms with Crippen molar-refractivity contribution in [2.75, 3.05) is 42.5 Å². The number of ether oxygens (including phenoxy) is 2. The second kappa shape index (κ2) is 14.9. The highest BCUT2D eigenvalue weighted by Crippen LogP contribution is 2.28. The number of carbonyl (C=O) groups is 4. The van der Waals surface area contributed by atoms with Crippen molar-refractivity contribution >= 4 is 53.0 Å². The molecule has 2 saturated heterocycles. The van der Waals surface area contributed by atoms with Crippen molar-refractivity contribution in [2.24, 2.45) is 16.8 Å². The predicted octanol–water partition coefficient (Wildman–Crippen LogP) is 6.19. The Kier molecular flexibility index (Phi) is 11.2. The average molecular weight is 649 g/mol. The quantitative estimate of drug-likeness (QED) is 0.249. The van der Waals surface area contributed by atoms with E-state index in [0.29, 0.717) is 74.6 Å². The van der Waals surface area contributed by atoms with Crippen molar-refractivity contribution in [2.45, 2.75) is 78.4 Å². The Morgan fingerprint density at radius 2 is 1.15 bits per heavy atom. The van der Waals surface area contributed by atoms with E-state index in [2.05, 4.69) is 15.6 Å². The fourth-order valence-electron chi connectivity index (χ4n) is 5.32. The Morgan fingerprint density at radius 1 is 0.723 bits per heavy atom. The number of rotatable bonds is 6. The number of carbonyl (C=O) groups excluding carboxylic acids is 4. The molecule has 0 unspecified atom stereocenters. The zero-order valence-corrected chi connectivity index (χ0v) is 28.3. The minimum Gasteiger partial charge on any atom is -0.444 e. The summed E-state index contributed by atoms with van der Waals surface area (Å²) in [6.45, 7) is 12.9. The molecule has 2 heterocycles. The van der Waals surface area contributed by atoms with Gasteiger partial charge in [-0.3, -0.25) is 14.6 Å². The number of nitrogens with one attached hydrogen (secondary N) is 2. The monoisotopic (exact) mass is 648 g/mol. The Hall–Kier alpha value is -4.61. The van der Waals surface area contributed by atoms with E-state index in [4.69, 9.17) is 15.2 Å². The van der Waals surface area contributed by atoms with Gasteiger partial charge in [0.1, 0.15) is 11.2 Å². The van der Waals surface area contributed by atoms with Crippen LogP contribution in [0.4, 0.5) is 32.3 Å². The molecule has 2 aliphatic heterocycles. The summed E-state index contributed by atoms with van der Waals surface area (Å²) in [7, 11) is 0. The van der Waals surface area contributed by atoms with Gasteiger partial charge in [-0.05, 0) is 103 Å². The third-order valence-electron chi connectivity index (χ3n) is 7.86. The van der Waals surface area contributed by atoms with Crippen LogP contribution in [-0.4, -0.2) is 77.4 Å². The van der Waals surface area contributed by atoms with Gasteiger partial charge in [0.05, 0.1) is 11.4 Å². The molecule has 12 nitrogen and oxygen atoms in total. The third kappa shape index (κ3) is 10.7. The van der Waals surface area contributed by atoms with E-state index in [9.17, 15) is 19.2 Å². The maximum absolute atomic E-state index is 13.0. The summed E-state index contributed by atoms with van der Waals surface area (Å²) in [6, 6.07) is 12.5.